The summed E-state index contributed by atoms with van der Waals surface area (Å²) in [5.74, 6) is 1.96. The van der Waals surface area contributed by atoms with Gasteiger partial charge in [0, 0.05) is 24.2 Å². The molecular formula is C29H24N4O5. The number of rotatable bonds is 6. The second-order valence-corrected chi connectivity index (χ2v) is 8.94. The highest BCUT2D eigenvalue weighted by atomic mass is 16.5. The van der Waals surface area contributed by atoms with Crippen molar-refractivity contribution < 1.29 is 19.0 Å². The van der Waals surface area contributed by atoms with E-state index in [2.05, 4.69) is 15.3 Å². The first kappa shape index (κ1) is 23.5. The van der Waals surface area contributed by atoms with Crippen molar-refractivity contribution in [1.82, 2.24) is 14.5 Å². The predicted octanol–water partition coefficient (Wildman–Crippen LogP) is 4.95. The molecule has 0 aliphatic carbocycles. The van der Waals surface area contributed by atoms with Gasteiger partial charge in [-0.15, -0.1) is 0 Å². The van der Waals surface area contributed by atoms with Crippen LogP contribution in [0, 0.1) is 0 Å². The molecule has 9 heteroatoms. The number of benzene rings is 2. The Balaban J connectivity index is 1.24. The summed E-state index contributed by atoms with van der Waals surface area (Å²) in [4.78, 5) is 34.9. The number of anilines is 1. The molecule has 5 aromatic rings. The molecule has 38 heavy (non-hydrogen) atoms. The molecule has 0 radical (unpaired) electrons. The SMILES string of the molecule is COc1cc2nccc(Oc3ccc(NC(=O)c4cc5cccc6c5n(c4=O)CCC6)nc3)c2cc1OC. The zero-order valence-electron chi connectivity index (χ0n) is 20.9. The number of methoxy groups -OCH3 is 2. The average Bonchev–Trinajstić information content (AvgIpc) is 2.95. The van der Waals surface area contributed by atoms with E-state index in [9.17, 15) is 9.59 Å². The first-order valence-electron chi connectivity index (χ1n) is 12.2. The molecule has 0 bridgehead atoms. The Morgan fingerprint density at radius 1 is 0.974 bits per heavy atom. The van der Waals surface area contributed by atoms with E-state index in [0.717, 1.165) is 34.7 Å². The van der Waals surface area contributed by atoms with Gasteiger partial charge in [0.05, 0.1) is 31.4 Å². The normalized spacial score (nSPS) is 12.4. The van der Waals surface area contributed by atoms with Crippen molar-refractivity contribution in [1.29, 1.82) is 0 Å². The van der Waals surface area contributed by atoms with Crippen LogP contribution in [0.1, 0.15) is 22.3 Å². The van der Waals surface area contributed by atoms with Gasteiger partial charge in [-0.25, -0.2) is 4.98 Å². The second kappa shape index (κ2) is 9.51. The lowest BCUT2D eigenvalue weighted by molar-refractivity contribution is 0.102. The lowest BCUT2D eigenvalue weighted by Crippen LogP contribution is -2.31. The summed E-state index contributed by atoms with van der Waals surface area (Å²) in [7, 11) is 3.13. The number of amides is 1. The molecule has 0 spiro atoms. The molecule has 1 aliphatic heterocycles. The van der Waals surface area contributed by atoms with Crippen LogP contribution in [-0.4, -0.2) is 34.7 Å². The van der Waals surface area contributed by atoms with Crippen molar-refractivity contribution in [3.05, 3.63) is 88.5 Å². The Labute approximate surface area is 217 Å². The topological polar surface area (TPSA) is 105 Å². The fourth-order valence-electron chi connectivity index (χ4n) is 4.89. The number of ether oxygens (including phenoxy) is 3. The van der Waals surface area contributed by atoms with E-state index in [1.807, 2.05) is 18.2 Å². The van der Waals surface area contributed by atoms with Crippen LogP contribution in [0.3, 0.4) is 0 Å². The molecule has 0 saturated carbocycles. The molecule has 4 heterocycles. The van der Waals surface area contributed by atoms with Gasteiger partial charge in [0.2, 0.25) is 0 Å². The molecule has 1 aliphatic rings. The molecule has 2 aromatic carbocycles. The van der Waals surface area contributed by atoms with Gasteiger partial charge in [-0.3, -0.25) is 14.6 Å². The van der Waals surface area contributed by atoms with Crippen LogP contribution in [0.2, 0.25) is 0 Å². The minimum absolute atomic E-state index is 0.0892. The zero-order valence-corrected chi connectivity index (χ0v) is 20.9. The lowest BCUT2D eigenvalue weighted by atomic mass is 10.00. The number of pyridine rings is 3. The van der Waals surface area contributed by atoms with E-state index in [0.29, 0.717) is 40.9 Å². The molecule has 1 N–H and O–H groups in total. The van der Waals surface area contributed by atoms with Crippen LogP contribution in [0.15, 0.2) is 71.8 Å². The first-order valence-corrected chi connectivity index (χ1v) is 12.2. The highest BCUT2D eigenvalue weighted by molar-refractivity contribution is 6.05. The van der Waals surface area contributed by atoms with Crippen molar-refractivity contribution in [3.63, 3.8) is 0 Å². The number of nitrogens with one attached hydrogen (secondary N) is 1. The summed E-state index contributed by atoms with van der Waals surface area (Å²) >= 11 is 0. The number of aromatic nitrogens is 3. The molecule has 0 atom stereocenters. The molecule has 0 saturated heterocycles. The molecule has 0 unspecified atom stereocenters. The van der Waals surface area contributed by atoms with Crippen LogP contribution in [0.5, 0.6) is 23.0 Å². The maximum atomic E-state index is 13.1. The third kappa shape index (κ3) is 4.07. The number of carbonyl (C=O) groups is 1. The second-order valence-electron chi connectivity index (χ2n) is 8.94. The lowest BCUT2D eigenvalue weighted by Gasteiger charge is -2.20. The van der Waals surface area contributed by atoms with Gasteiger partial charge >= 0.3 is 0 Å². The van der Waals surface area contributed by atoms with Gasteiger partial charge in [-0.1, -0.05) is 18.2 Å². The number of nitrogens with zero attached hydrogens (tertiary/aromatic N) is 3. The smallest absolute Gasteiger partial charge is 0.263 e. The number of hydrogen-bond donors (Lipinski definition) is 1. The highest BCUT2D eigenvalue weighted by Gasteiger charge is 2.20. The summed E-state index contributed by atoms with van der Waals surface area (Å²) in [6, 6.07) is 16.2. The summed E-state index contributed by atoms with van der Waals surface area (Å²) in [6.07, 6.45) is 4.95. The summed E-state index contributed by atoms with van der Waals surface area (Å²) in [5, 5.41) is 4.36. The van der Waals surface area contributed by atoms with E-state index in [4.69, 9.17) is 14.2 Å². The van der Waals surface area contributed by atoms with Gasteiger partial charge in [0.15, 0.2) is 11.5 Å². The molecular weight excluding hydrogens is 484 g/mol. The van der Waals surface area contributed by atoms with E-state index >= 15 is 0 Å². The largest absolute Gasteiger partial charge is 0.493 e. The number of aryl methyl sites for hydroxylation is 2. The average molecular weight is 509 g/mol. The third-order valence-electron chi connectivity index (χ3n) is 6.68. The van der Waals surface area contributed by atoms with Crippen LogP contribution >= 0.6 is 0 Å². The minimum atomic E-state index is -0.501. The van der Waals surface area contributed by atoms with Crippen molar-refractivity contribution in [2.24, 2.45) is 0 Å². The molecule has 0 fully saturated rings. The molecule has 6 rings (SSSR count). The summed E-state index contributed by atoms with van der Waals surface area (Å²) < 4.78 is 18.5. The fraction of sp³-hybridized carbons (Fsp3) is 0.172. The van der Waals surface area contributed by atoms with Gasteiger partial charge in [0.1, 0.15) is 22.9 Å². The number of fused-ring (bicyclic) bond motifs is 1. The Kier molecular flexibility index (Phi) is 5.88. The maximum Gasteiger partial charge on any atom is 0.263 e. The summed E-state index contributed by atoms with van der Waals surface area (Å²) in [6.45, 7) is 0.597. The number of carbonyl (C=O) groups excluding carboxylic acids is 1. The van der Waals surface area contributed by atoms with Crippen molar-refractivity contribution >= 4 is 33.5 Å². The van der Waals surface area contributed by atoms with Crippen molar-refractivity contribution in [2.45, 2.75) is 19.4 Å². The van der Waals surface area contributed by atoms with Crippen molar-refractivity contribution in [2.75, 3.05) is 19.5 Å². The van der Waals surface area contributed by atoms with E-state index in [1.165, 1.54) is 6.20 Å². The third-order valence-corrected chi connectivity index (χ3v) is 6.68. The Hall–Kier alpha value is -4.92. The predicted molar refractivity (Wildman–Crippen MR) is 144 cm³/mol. The van der Waals surface area contributed by atoms with E-state index in [1.54, 1.807) is 61.4 Å². The van der Waals surface area contributed by atoms with Gasteiger partial charge in [-0.05, 0) is 54.1 Å². The Morgan fingerprint density at radius 2 is 1.82 bits per heavy atom. The van der Waals surface area contributed by atoms with E-state index in [-0.39, 0.29) is 11.1 Å². The fourth-order valence-corrected chi connectivity index (χ4v) is 4.89. The zero-order chi connectivity index (χ0) is 26.2. The van der Waals surface area contributed by atoms with Gasteiger partial charge in [-0.2, -0.15) is 0 Å². The van der Waals surface area contributed by atoms with Crippen LogP contribution in [0.4, 0.5) is 5.82 Å². The van der Waals surface area contributed by atoms with E-state index < -0.39 is 5.91 Å². The maximum absolute atomic E-state index is 13.1. The molecule has 1 amide bonds. The standard InChI is InChI=1S/C29H24N4O5/c1-36-24-14-20-22(15-25(24)37-2)30-11-10-23(20)38-19-8-9-26(31-16-19)32-28(34)21-13-18-6-3-5-17-7-4-12-33(27(17)18)29(21)35/h3,5-6,8-11,13-16H,4,7,12H2,1-2H3,(H,31,32,34). The number of hydrogen-bond acceptors (Lipinski definition) is 7. The highest BCUT2D eigenvalue weighted by Crippen LogP contribution is 2.36. The van der Waals surface area contributed by atoms with Crippen molar-refractivity contribution in [3.8, 4) is 23.0 Å². The van der Waals surface area contributed by atoms with Crippen LogP contribution in [0.25, 0.3) is 21.8 Å². The van der Waals surface area contributed by atoms with Gasteiger partial charge < -0.3 is 24.1 Å². The quantitative estimate of drug-likeness (QED) is 0.346. The molecule has 190 valence electrons. The summed E-state index contributed by atoms with van der Waals surface area (Å²) in [5.41, 5.74) is 2.53. The first-order chi connectivity index (χ1) is 18.6. The Bertz CT molecular complexity index is 1760. The molecule has 9 nitrogen and oxygen atoms in total. The Morgan fingerprint density at radius 3 is 2.61 bits per heavy atom. The van der Waals surface area contributed by atoms with Crippen LogP contribution in [-0.2, 0) is 13.0 Å². The van der Waals surface area contributed by atoms with Gasteiger partial charge in [0.25, 0.3) is 11.5 Å². The molecule has 3 aromatic heterocycles. The monoisotopic (exact) mass is 508 g/mol. The van der Waals surface area contributed by atoms with Crippen LogP contribution < -0.4 is 25.1 Å². The number of para-hydroxylation sites is 1. The minimum Gasteiger partial charge on any atom is -0.493 e.